The van der Waals surface area contributed by atoms with Gasteiger partial charge in [-0.25, -0.2) is 0 Å². The standard InChI is InChI=1S/C7H8NO2S/c1-8-6-2-4-7(5-3-6)11(9)10/h2-5H,1H3,(H,9,10)/q-1/p-1. The van der Waals surface area contributed by atoms with Crippen molar-refractivity contribution >= 4 is 16.8 Å². The quantitative estimate of drug-likeness (QED) is 0.631. The minimum Gasteiger partial charge on any atom is -0.768 e. The van der Waals surface area contributed by atoms with Gasteiger partial charge in [0.05, 0.1) is 0 Å². The zero-order valence-electron chi connectivity index (χ0n) is 5.98. The van der Waals surface area contributed by atoms with Crippen LogP contribution in [0.4, 0.5) is 5.69 Å². The fourth-order valence-electron chi connectivity index (χ4n) is 0.706. The first-order valence-electron chi connectivity index (χ1n) is 3.03. The Balaban J connectivity index is 2.91. The van der Waals surface area contributed by atoms with E-state index in [0.717, 1.165) is 5.69 Å². The molecule has 0 aliphatic heterocycles. The Bertz CT molecular complexity index is 258. The summed E-state index contributed by atoms with van der Waals surface area (Å²) in [5.41, 5.74) is 0.777. The molecule has 0 spiro atoms. The molecule has 0 saturated carbocycles. The van der Waals surface area contributed by atoms with E-state index in [1.54, 1.807) is 19.2 Å². The minimum atomic E-state index is -2.13. The van der Waals surface area contributed by atoms with Gasteiger partial charge in [-0.15, -0.1) is 12.7 Å². The molecule has 0 N–H and O–H groups in total. The normalized spacial score (nSPS) is 12.5. The van der Waals surface area contributed by atoms with Crippen molar-refractivity contribution < 1.29 is 8.76 Å². The number of hydrogen-bond acceptors (Lipinski definition) is 2. The summed E-state index contributed by atoms with van der Waals surface area (Å²) in [4.78, 5) is 0.289. The number of hydrogen-bond donors (Lipinski definition) is 0. The Labute approximate surface area is 67.7 Å². The van der Waals surface area contributed by atoms with Crippen molar-refractivity contribution in [1.29, 1.82) is 0 Å². The summed E-state index contributed by atoms with van der Waals surface area (Å²) in [6.07, 6.45) is 0. The van der Waals surface area contributed by atoms with Crippen LogP contribution in [0.3, 0.4) is 0 Å². The smallest absolute Gasteiger partial charge is 0.0247 e. The second-order valence-electron chi connectivity index (χ2n) is 1.95. The molecular formula is C7H7NO2S-2. The molecule has 0 aliphatic rings. The Hall–Kier alpha value is -0.870. The van der Waals surface area contributed by atoms with Crippen molar-refractivity contribution in [3.63, 3.8) is 0 Å². The van der Waals surface area contributed by atoms with Crippen molar-refractivity contribution in [2.24, 2.45) is 0 Å². The van der Waals surface area contributed by atoms with Crippen LogP contribution >= 0.6 is 0 Å². The molecule has 1 unspecified atom stereocenters. The summed E-state index contributed by atoms with van der Waals surface area (Å²) in [5.74, 6) is 0. The SMILES string of the molecule is C[N-]c1ccc(S(=O)[O-])cc1. The van der Waals surface area contributed by atoms with Crippen LogP contribution in [0.2, 0.25) is 0 Å². The van der Waals surface area contributed by atoms with E-state index in [0.29, 0.717) is 0 Å². The predicted octanol–water partition coefficient (Wildman–Crippen LogP) is 1.56. The molecule has 0 radical (unpaired) electrons. The third-order valence-electron chi connectivity index (χ3n) is 1.29. The summed E-state index contributed by atoms with van der Waals surface area (Å²) >= 11 is -2.13. The van der Waals surface area contributed by atoms with Gasteiger partial charge in [-0.05, 0) is 23.2 Å². The van der Waals surface area contributed by atoms with Crippen LogP contribution in [0.5, 0.6) is 0 Å². The highest BCUT2D eigenvalue weighted by Gasteiger charge is 1.87. The van der Waals surface area contributed by atoms with Crippen LogP contribution in [0, 0.1) is 0 Å². The van der Waals surface area contributed by atoms with Gasteiger partial charge in [0.25, 0.3) is 0 Å². The van der Waals surface area contributed by atoms with Gasteiger partial charge in [0.2, 0.25) is 0 Å². The van der Waals surface area contributed by atoms with E-state index in [1.807, 2.05) is 0 Å². The monoisotopic (exact) mass is 169 g/mol. The molecule has 3 nitrogen and oxygen atoms in total. The molecule has 4 heteroatoms. The number of rotatable bonds is 2. The lowest BCUT2D eigenvalue weighted by molar-refractivity contribution is 0.537. The van der Waals surface area contributed by atoms with Gasteiger partial charge in [-0.3, -0.25) is 4.21 Å². The molecule has 0 aliphatic carbocycles. The highest BCUT2D eigenvalue weighted by Crippen LogP contribution is 2.16. The average Bonchev–Trinajstić information content (AvgIpc) is 2.05. The Kier molecular flexibility index (Phi) is 2.62. The molecule has 0 amide bonds. The fraction of sp³-hybridized carbons (Fsp3) is 0.143. The molecule has 0 aromatic heterocycles. The van der Waals surface area contributed by atoms with Crippen LogP contribution in [-0.4, -0.2) is 15.8 Å². The van der Waals surface area contributed by atoms with Crippen LogP contribution in [0.1, 0.15) is 0 Å². The maximum Gasteiger partial charge on any atom is 0.0247 e. The third-order valence-corrected chi connectivity index (χ3v) is 1.94. The Morgan fingerprint density at radius 2 is 1.91 bits per heavy atom. The highest BCUT2D eigenvalue weighted by atomic mass is 32.2. The summed E-state index contributed by atoms with van der Waals surface area (Å²) in [6, 6.07) is 6.35. The van der Waals surface area contributed by atoms with Crippen LogP contribution in [0.25, 0.3) is 5.32 Å². The first kappa shape index (κ1) is 8.23. The first-order valence-corrected chi connectivity index (χ1v) is 4.10. The molecule has 0 fully saturated rings. The van der Waals surface area contributed by atoms with Crippen LogP contribution in [-0.2, 0) is 11.1 Å². The van der Waals surface area contributed by atoms with Gasteiger partial charge in [0.15, 0.2) is 0 Å². The van der Waals surface area contributed by atoms with Crippen molar-refractivity contribution in [3.05, 3.63) is 29.6 Å². The van der Waals surface area contributed by atoms with Crippen molar-refractivity contribution in [1.82, 2.24) is 0 Å². The zero-order valence-corrected chi connectivity index (χ0v) is 6.80. The number of benzene rings is 1. The summed E-state index contributed by atoms with van der Waals surface area (Å²) in [7, 11) is 1.66. The van der Waals surface area contributed by atoms with E-state index in [1.165, 1.54) is 12.1 Å². The summed E-state index contributed by atoms with van der Waals surface area (Å²) in [5, 5.41) is 3.87. The maximum absolute atomic E-state index is 10.4. The first-order chi connectivity index (χ1) is 5.24. The van der Waals surface area contributed by atoms with Crippen molar-refractivity contribution in [2.45, 2.75) is 4.90 Å². The summed E-state index contributed by atoms with van der Waals surface area (Å²) < 4.78 is 20.7. The van der Waals surface area contributed by atoms with E-state index in [4.69, 9.17) is 0 Å². The van der Waals surface area contributed by atoms with Crippen LogP contribution in [0.15, 0.2) is 29.2 Å². The maximum atomic E-state index is 10.4. The largest absolute Gasteiger partial charge is 0.768 e. The third kappa shape index (κ3) is 2.03. The van der Waals surface area contributed by atoms with E-state index >= 15 is 0 Å². The van der Waals surface area contributed by atoms with Gasteiger partial charge in [0, 0.05) is 4.90 Å². The van der Waals surface area contributed by atoms with Gasteiger partial charge in [-0.1, -0.05) is 12.1 Å². The number of nitrogens with zero attached hydrogens (tertiary/aromatic N) is 1. The minimum absolute atomic E-state index is 0.289. The lowest BCUT2D eigenvalue weighted by Crippen LogP contribution is -1.86. The molecule has 11 heavy (non-hydrogen) atoms. The second kappa shape index (κ2) is 3.50. The van der Waals surface area contributed by atoms with Gasteiger partial charge in [0.1, 0.15) is 0 Å². The molecule has 0 heterocycles. The molecule has 1 aromatic rings. The Morgan fingerprint density at radius 3 is 2.27 bits per heavy atom. The van der Waals surface area contributed by atoms with Crippen molar-refractivity contribution in [2.75, 3.05) is 7.05 Å². The predicted molar refractivity (Wildman–Crippen MR) is 42.6 cm³/mol. The van der Waals surface area contributed by atoms with Gasteiger partial charge >= 0.3 is 0 Å². The molecule has 1 rings (SSSR count). The Morgan fingerprint density at radius 1 is 1.36 bits per heavy atom. The van der Waals surface area contributed by atoms with E-state index in [-0.39, 0.29) is 4.90 Å². The second-order valence-corrected chi connectivity index (χ2v) is 2.89. The average molecular weight is 169 g/mol. The fourth-order valence-corrected chi connectivity index (χ4v) is 1.06. The van der Waals surface area contributed by atoms with E-state index in [9.17, 15) is 8.76 Å². The van der Waals surface area contributed by atoms with Crippen LogP contribution < -0.4 is 0 Å². The molecule has 1 atom stereocenters. The van der Waals surface area contributed by atoms with Crippen molar-refractivity contribution in [3.8, 4) is 0 Å². The lowest BCUT2D eigenvalue weighted by atomic mass is 10.3. The zero-order chi connectivity index (χ0) is 8.27. The molecule has 1 aromatic carbocycles. The van der Waals surface area contributed by atoms with Gasteiger partial charge < -0.3 is 9.87 Å². The highest BCUT2D eigenvalue weighted by molar-refractivity contribution is 7.79. The molecular weight excluding hydrogens is 162 g/mol. The van der Waals surface area contributed by atoms with E-state index < -0.39 is 11.1 Å². The molecule has 60 valence electrons. The summed E-state index contributed by atoms with van der Waals surface area (Å²) in [6.45, 7) is 0. The van der Waals surface area contributed by atoms with Gasteiger partial charge in [-0.2, -0.15) is 0 Å². The van der Waals surface area contributed by atoms with E-state index in [2.05, 4.69) is 5.32 Å². The molecule has 0 bridgehead atoms. The topological polar surface area (TPSA) is 54.2 Å². The lowest BCUT2D eigenvalue weighted by Gasteiger charge is -2.14. The molecule has 0 saturated heterocycles.